The Bertz CT molecular complexity index is 462. The second-order valence-electron chi connectivity index (χ2n) is 2.93. The van der Waals surface area contributed by atoms with Crippen LogP contribution in [0.5, 0.6) is 0 Å². The van der Waals surface area contributed by atoms with Gasteiger partial charge in [0.1, 0.15) is 5.56 Å². The number of carboxylic acids is 1. The molecule has 0 saturated carbocycles. The van der Waals surface area contributed by atoms with Crippen molar-refractivity contribution in [3.63, 3.8) is 0 Å². The molecule has 0 spiro atoms. The first kappa shape index (κ1) is 12.0. The quantitative estimate of drug-likeness (QED) is 0.634. The Morgan fingerprint density at radius 2 is 2.19 bits per heavy atom. The molecule has 0 unspecified atom stereocenters. The van der Waals surface area contributed by atoms with Crippen LogP contribution in [0, 0.1) is 17.0 Å². The number of pyridine rings is 1. The van der Waals surface area contributed by atoms with Gasteiger partial charge in [-0.15, -0.1) is 0 Å². The molecule has 0 aromatic carbocycles. The molecule has 1 aromatic rings. The van der Waals surface area contributed by atoms with Crippen LogP contribution in [0.3, 0.4) is 0 Å². The van der Waals surface area contributed by atoms with Crippen LogP contribution in [-0.4, -0.2) is 21.0 Å². The Morgan fingerprint density at radius 1 is 1.62 bits per heavy atom. The van der Waals surface area contributed by atoms with Gasteiger partial charge in [0.25, 0.3) is 12.1 Å². The second kappa shape index (κ2) is 4.17. The molecular weight excluding hydrogens is 226 g/mol. The molecule has 0 fully saturated rings. The SMILES string of the molecule is Cc1cc(C(F)F)c([N+](=O)[O-])nc1C(=O)O. The number of rotatable bonds is 3. The number of hydrogen-bond acceptors (Lipinski definition) is 4. The molecule has 1 aromatic heterocycles. The number of carbonyl (C=O) groups is 1. The third kappa shape index (κ3) is 2.10. The molecule has 0 amide bonds. The molecule has 1 heterocycles. The first-order valence-electron chi connectivity index (χ1n) is 4.02. The molecule has 6 nitrogen and oxygen atoms in total. The predicted octanol–water partition coefficient (Wildman–Crippen LogP) is 1.93. The third-order valence-electron chi connectivity index (χ3n) is 1.83. The molecule has 0 aliphatic heterocycles. The lowest BCUT2D eigenvalue weighted by Gasteiger charge is -2.03. The average molecular weight is 232 g/mol. The van der Waals surface area contributed by atoms with Crippen LogP contribution < -0.4 is 0 Å². The van der Waals surface area contributed by atoms with Gasteiger partial charge in [-0.05, 0) is 22.9 Å². The van der Waals surface area contributed by atoms with Crippen LogP contribution >= 0.6 is 0 Å². The summed E-state index contributed by atoms with van der Waals surface area (Å²) in [5.41, 5.74) is -1.53. The van der Waals surface area contributed by atoms with Crippen LogP contribution in [-0.2, 0) is 0 Å². The monoisotopic (exact) mass is 232 g/mol. The number of nitro groups is 1. The number of carboxylic acid groups (broad SMARTS) is 1. The first-order chi connectivity index (χ1) is 7.34. The average Bonchev–Trinajstić information content (AvgIpc) is 2.15. The lowest BCUT2D eigenvalue weighted by Crippen LogP contribution is -2.09. The van der Waals surface area contributed by atoms with E-state index in [0.29, 0.717) is 0 Å². The Kier molecular flexibility index (Phi) is 3.11. The molecule has 1 rings (SSSR count). The van der Waals surface area contributed by atoms with E-state index in [9.17, 15) is 23.7 Å². The smallest absolute Gasteiger partial charge is 0.380 e. The number of alkyl halides is 2. The van der Waals surface area contributed by atoms with Crippen molar-refractivity contribution >= 4 is 11.8 Å². The van der Waals surface area contributed by atoms with Crippen LogP contribution in [0.4, 0.5) is 14.6 Å². The van der Waals surface area contributed by atoms with Gasteiger partial charge in [0.2, 0.25) is 0 Å². The van der Waals surface area contributed by atoms with E-state index in [4.69, 9.17) is 5.11 Å². The van der Waals surface area contributed by atoms with Gasteiger partial charge in [0, 0.05) is 5.56 Å². The lowest BCUT2D eigenvalue weighted by molar-refractivity contribution is -0.391. The van der Waals surface area contributed by atoms with Crippen molar-refractivity contribution in [2.24, 2.45) is 0 Å². The lowest BCUT2D eigenvalue weighted by atomic mass is 10.1. The van der Waals surface area contributed by atoms with Crippen molar-refractivity contribution in [3.05, 3.63) is 33.0 Å². The molecule has 16 heavy (non-hydrogen) atoms. The fourth-order valence-electron chi connectivity index (χ4n) is 1.15. The molecule has 1 N–H and O–H groups in total. The Labute approximate surface area is 87.7 Å². The maximum absolute atomic E-state index is 12.4. The standard InChI is InChI=1S/C8H6F2N2O4/c1-3-2-4(6(9)10)7(12(15)16)11-5(3)8(13)14/h2,6H,1H3,(H,13,14). The zero-order valence-electron chi connectivity index (χ0n) is 7.98. The zero-order chi connectivity index (χ0) is 12.5. The molecule has 0 aliphatic carbocycles. The first-order valence-corrected chi connectivity index (χ1v) is 4.02. The number of aromatic carboxylic acids is 1. The van der Waals surface area contributed by atoms with Gasteiger partial charge in [-0.3, -0.25) is 0 Å². The molecule has 0 saturated heterocycles. The minimum absolute atomic E-state index is 0.0478. The summed E-state index contributed by atoms with van der Waals surface area (Å²) in [6.45, 7) is 1.24. The van der Waals surface area contributed by atoms with E-state index in [-0.39, 0.29) is 5.56 Å². The molecule has 0 aliphatic rings. The topological polar surface area (TPSA) is 93.3 Å². The Hall–Kier alpha value is -2.12. The van der Waals surface area contributed by atoms with Crippen LogP contribution in [0.25, 0.3) is 0 Å². The van der Waals surface area contributed by atoms with Gasteiger partial charge in [0.15, 0.2) is 0 Å². The van der Waals surface area contributed by atoms with E-state index >= 15 is 0 Å². The number of nitrogens with zero attached hydrogens (tertiary/aromatic N) is 2. The summed E-state index contributed by atoms with van der Waals surface area (Å²) in [5.74, 6) is -2.63. The van der Waals surface area contributed by atoms with Gasteiger partial charge < -0.3 is 15.2 Å². The van der Waals surface area contributed by atoms with Crippen LogP contribution in [0.1, 0.15) is 28.0 Å². The minimum Gasteiger partial charge on any atom is -0.475 e. The van der Waals surface area contributed by atoms with Gasteiger partial charge in [-0.25, -0.2) is 13.6 Å². The molecule has 0 radical (unpaired) electrons. The highest BCUT2D eigenvalue weighted by Gasteiger charge is 2.28. The van der Waals surface area contributed by atoms with Crippen molar-refractivity contribution < 1.29 is 23.6 Å². The number of hydrogen-bond donors (Lipinski definition) is 1. The van der Waals surface area contributed by atoms with Gasteiger partial charge >= 0.3 is 11.8 Å². The third-order valence-corrected chi connectivity index (χ3v) is 1.83. The van der Waals surface area contributed by atoms with Gasteiger partial charge in [-0.1, -0.05) is 0 Å². The molecule has 0 atom stereocenters. The maximum atomic E-state index is 12.4. The highest BCUT2D eigenvalue weighted by Crippen LogP contribution is 2.28. The van der Waals surface area contributed by atoms with E-state index in [1.165, 1.54) is 6.92 Å². The van der Waals surface area contributed by atoms with Crippen LogP contribution in [0.2, 0.25) is 0 Å². The van der Waals surface area contributed by atoms with E-state index < -0.39 is 34.4 Å². The molecule has 8 heteroatoms. The Balaban J connectivity index is 3.49. The second-order valence-corrected chi connectivity index (χ2v) is 2.93. The number of halogens is 2. The summed E-state index contributed by atoms with van der Waals surface area (Å²) in [6.07, 6.45) is -3.07. The van der Waals surface area contributed by atoms with Gasteiger partial charge in [0.05, 0.1) is 0 Å². The van der Waals surface area contributed by atoms with Crippen molar-refractivity contribution in [2.45, 2.75) is 13.3 Å². The summed E-state index contributed by atoms with van der Waals surface area (Å²) in [6, 6.07) is 0.763. The van der Waals surface area contributed by atoms with Crippen molar-refractivity contribution in [3.8, 4) is 0 Å². The van der Waals surface area contributed by atoms with Crippen molar-refractivity contribution in [2.75, 3.05) is 0 Å². The van der Waals surface area contributed by atoms with Crippen molar-refractivity contribution in [1.29, 1.82) is 0 Å². The van der Waals surface area contributed by atoms with E-state index in [0.717, 1.165) is 6.07 Å². The Morgan fingerprint density at radius 3 is 2.56 bits per heavy atom. The molecule has 0 bridgehead atoms. The fraction of sp³-hybridized carbons (Fsp3) is 0.250. The maximum Gasteiger partial charge on any atom is 0.380 e. The highest BCUT2D eigenvalue weighted by atomic mass is 19.3. The van der Waals surface area contributed by atoms with E-state index in [1.54, 1.807) is 0 Å². The van der Waals surface area contributed by atoms with E-state index in [1.807, 2.05) is 0 Å². The molecular formula is C8H6F2N2O4. The zero-order valence-corrected chi connectivity index (χ0v) is 7.98. The highest BCUT2D eigenvalue weighted by molar-refractivity contribution is 5.87. The van der Waals surface area contributed by atoms with E-state index in [2.05, 4.69) is 4.98 Å². The minimum atomic E-state index is -3.07. The van der Waals surface area contributed by atoms with Crippen LogP contribution in [0.15, 0.2) is 6.07 Å². The van der Waals surface area contributed by atoms with Gasteiger partial charge in [-0.2, -0.15) is 0 Å². The summed E-state index contributed by atoms with van der Waals surface area (Å²) in [7, 11) is 0. The number of aromatic nitrogens is 1. The summed E-state index contributed by atoms with van der Waals surface area (Å²) >= 11 is 0. The summed E-state index contributed by atoms with van der Waals surface area (Å²) < 4.78 is 24.8. The summed E-state index contributed by atoms with van der Waals surface area (Å²) in [4.78, 5) is 23.0. The number of aryl methyl sites for hydroxylation is 1. The molecule has 86 valence electrons. The van der Waals surface area contributed by atoms with Crippen molar-refractivity contribution in [1.82, 2.24) is 4.98 Å². The largest absolute Gasteiger partial charge is 0.475 e. The normalized spacial score (nSPS) is 10.5. The fourth-order valence-corrected chi connectivity index (χ4v) is 1.15. The summed E-state index contributed by atoms with van der Waals surface area (Å²) in [5, 5.41) is 19.1. The predicted molar refractivity (Wildman–Crippen MR) is 47.5 cm³/mol.